The lowest BCUT2D eigenvalue weighted by Gasteiger charge is -2.18. The van der Waals surface area contributed by atoms with Crippen LogP contribution in [0.4, 0.5) is 8.78 Å². The van der Waals surface area contributed by atoms with Gasteiger partial charge in [0.25, 0.3) is 5.56 Å². The Hall–Kier alpha value is -3.16. The summed E-state index contributed by atoms with van der Waals surface area (Å²) < 4.78 is 28.5. The minimum atomic E-state index is -0.814. The summed E-state index contributed by atoms with van der Waals surface area (Å²) >= 11 is 5.96. The van der Waals surface area contributed by atoms with E-state index < -0.39 is 17.7 Å². The highest BCUT2D eigenvalue weighted by Crippen LogP contribution is 2.21. The van der Waals surface area contributed by atoms with Gasteiger partial charge in [-0.3, -0.25) is 9.36 Å². The highest BCUT2D eigenvalue weighted by atomic mass is 35.5. The minimum absolute atomic E-state index is 0.0764. The number of pyridine rings is 1. The molecule has 0 saturated heterocycles. The van der Waals surface area contributed by atoms with E-state index in [1.807, 2.05) is 0 Å². The maximum atomic E-state index is 13.6. The molecule has 0 spiro atoms. The second kappa shape index (κ2) is 7.69. The van der Waals surface area contributed by atoms with Gasteiger partial charge in [0.1, 0.15) is 17.5 Å². The molecule has 146 valence electrons. The normalized spacial score (nSPS) is 12.3. The molecule has 2 heterocycles. The number of benzene rings is 2. The molecule has 4 aromatic rings. The van der Waals surface area contributed by atoms with E-state index in [4.69, 9.17) is 17.3 Å². The number of rotatable bonds is 4. The van der Waals surface area contributed by atoms with Crippen LogP contribution in [0.3, 0.4) is 0 Å². The van der Waals surface area contributed by atoms with Crippen molar-refractivity contribution in [2.75, 3.05) is 0 Å². The van der Waals surface area contributed by atoms with Crippen LogP contribution in [-0.2, 0) is 6.42 Å². The average Bonchev–Trinajstić information content (AvgIpc) is 2.68. The Morgan fingerprint density at radius 1 is 1.07 bits per heavy atom. The van der Waals surface area contributed by atoms with E-state index in [1.165, 1.54) is 22.9 Å². The average molecular weight is 413 g/mol. The van der Waals surface area contributed by atoms with Crippen molar-refractivity contribution in [2.45, 2.75) is 12.5 Å². The van der Waals surface area contributed by atoms with Crippen molar-refractivity contribution in [3.63, 3.8) is 0 Å². The molecule has 1 unspecified atom stereocenters. The number of nitrogens with two attached hydrogens (primary N) is 1. The van der Waals surface area contributed by atoms with Crippen LogP contribution < -0.4 is 11.3 Å². The van der Waals surface area contributed by atoms with E-state index in [1.54, 1.807) is 36.4 Å². The van der Waals surface area contributed by atoms with Crippen molar-refractivity contribution in [3.05, 3.63) is 99.2 Å². The third-order valence-electron chi connectivity index (χ3n) is 4.46. The van der Waals surface area contributed by atoms with Crippen LogP contribution in [0.1, 0.15) is 17.4 Å². The topological polar surface area (TPSA) is 73.8 Å². The predicted octanol–water partition coefficient (Wildman–Crippen LogP) is 3.95. The number of fused-ring (bicyclic) bond motifs is 1. The summed E-state index contributed by atoms with van der Waals surface area (Å²) in [6.07, 6.45) is 1.60. The zero-order chi connectivity index (χ0) is 20.5. The molecular weight excluding hydrogens is 398 g/mol. The second-order valence-electron chi connectivity index (χ2n) is 6.55. The van der Waals surface area contributed by atoms with Crippen molar-refractivity contribution in [2.24, 2.45) is 5.73 Å². The molecule has 2 aromatic heterocycles. The zero-order valence-electron chi connectivity index (χ0n) is 15.0. The van der Waals surface area contributed by atoms with E-state index in [-0.39, 0.29) is 23.5 Å². The summed E-state index contributed by atoms with van der Waals surface area (Å²) in [5.41, 5.74) is 7.11. The summed E-state index contributed by atoms with van der Waals surface area (Å²) in [4.78, 5) is 21.8. The monoisotopic (exact) mass is 412 g/mol. The molecule has 0 aliphatic rings. The van der Waals surface area contributed by atoms with Crippen molar-refractivity contribution in [3.8, 4) is 5.69 Å². The van der Waals surface area contributed by atoms with Gasteiger partial charge in [-0.25, -0.2) is 18.7 Å². The molecule has 0 radical (unpaired) electrons. The predicted molar refractivity (Wildman–Crippen MR) is 107 cm³/mol. The van der Waals surface area contributed by atoms with Crippen LogP contribution in [-0.4, -0.2) is 14.5 Å². The van der Waals surface area contributed by atoms with Crippen LogP contribution in [0.5, 0.6) is 0 Å². The Balaban J connectivity index is 1.88. The fourth-order valence-corrected chi connectivity index (χ4v) is 3.32. The fourth-order valence-electron chi connectivity index (χ4n) is 3.20. The maximum absolute atomic E-state index is 13.6. The van der Waals surface area contributed by atoms with E-state index in [9.17, 15) is 13.6 Å². The number of halogens is 3. The molecule has 2 N–H and O–H groups in total. The zero-order valence-corrected chi connectivity index (χ0v) is 15.8. The molecule has 0 fully saturated rings. The van der Waals surface area contributed by atoms with Crippen LogP contribution in [0.25, 0.3) is 16.7 Å². The molecule has 1 atom stereocenters. The van der Waals surface area contributed by atoms with Crippen molar-refractivity contribution >= 4 is 22.6 Å². The van der Waals surface area contributed by atoms with Crippen LogP contribution in [0, 0.1) is 11.6 Å². The van der Waals surface area contributed by atoms with Crippen LogP contribution in [0.2, 0.25) is 5.02 Å². The third-order valence-corrected chi connectivity index (χ3v) is 4.72. The summed E-state index contributed by atoms with van der Waals surface area (Å²) in [5, 5.41) is 0.841. The van der Waals surface area contributed by atoms with Crippen molar-refractivity contribution in [1.82, 2.24) is 14.5 Å². The number of hydrogen-bond donors (Lipinski definition) is 1. The lowest BCUT2D eigenvalue weighted by atomic mass is 10.0. The molecule has 0 bridgehead atoms. The van der Waals surface area contributed by atoms with E-state index in [2.05, 4.69) is 9.97 Å². The summed E-state index contributed by atoms with van der Waals surface area (Å²) in [5.74, 6) is -1.17. The summed E-state index contributed by atoms with van der Waals surface area (Å²) in [7, 11) is 0. The molecule has 2 aromatic carbocycles. The van der Waals surface area contributed by atoms with Gasteiger partial charge in [0.2, 0.25) is 0 Å². The molecule has 29 heavy (non-hydrogen) atoms. The van der Waals surface area contributed by atoms with E-state index >= 15 is 0 Å². The molecule has 8 heteroatoms. The molecule has 4 rings (SSSR count). The highest BCUT2D eigenvalue weighted by Gasteiger charge is 2.20. The molecule has 0 aliphatic carbocycles. The van der Waals surface area contributed by atoms with E-state index in [0.717, 1.165) is 6.07 Å². The van der Waals surface area contributed by atoms with Gasteiger partial charge in [0.05, 0.1) is 17.1 Å². The highest BCUT2D eigenvalue weighted by molar-refractivity contribution is 6.30. The summed E-state index contributed by atoms with van der Waals surface area (Å²) in [6.45, 7) is 0. The van der Waals surface area contributed by atoms with Gasteiger partial charge in [-0.1, -0.05) is 11.6 Å². The first kappa shape index (κ1) is 19.2. The summed E-state index contributed by atoms with van der Waals surface area (Å²) in [6, 6.07) is 12.3. The lowest BCUT2D eigenvalue weighted by molar-refractivity contribution is 0.572. The first-order chi connectivity index (χ1) is 13.9. The Morgan fingerprint density at radius 3 is 2.45 bits per heavy atom. The Morgan fingerprint density at radius 2 is 1.76 bits per heavy atom. The quantitative estimate of drug-likeness (QED) is 0.550. The standard InChI is InChI=1S/C21H15ClF2N4O/c22-13-3-5-16(6-4-13)28-20(27-19-17(21(28)29)2-1-7-26-19)18(25)10-12-8-14(23)11-15(24)9-12/h1-9,11,18H,10,25H2. The minimum Gasteiger partial charge on any atom is -0.321 e. The van der Waals surface area contributed by atoms with Gasteiger partial charge in [0.15, 0.2) is 5.65 Å². The Kier molecular flexibility index (Phi) is 5.08. The third kappa shape index (κ3) is 3.87. The van der Waals surface area contributed by atoms with Gasteiger partial charge in [-0.05, 0) is 60.5 Å². The first-order valence-corrected chi connectivity index (χ1v) is 9.14. The second-order valence-corrected chi connectivity index (χ2v) is 6.99. The fraction of sp³-hybridized carbons (Fsp3) is 0.0952. The first-order valence-electron chi connectivity index (χ1n) is 8.76. The van der Waals surface area contributed by atoms with E-state index in [0.29, 0.717) is 21.7 Å². The van der Waals surface area contributed by atoms with Gasteiger partial charge in [-0.2, -0.15) is 0 Å². The number of hydrogen-bond acceptors (Lipinski definition) is 4. The maximum Gasteiger partial charge on any atom is 0.267 e. The van der Waals surface area contributed by atoms with Crippen LogP contribution >= 0.6 is 11.6 Å². The van der Waals surface area contributed by atoms with Gasteiger partial charge in [-0.15, -0.1) is 0 Å². The van der Waals surface area contributed by atoms with Crippen molar-refractivity contribution < 1.29 is 8.78 Å². The lowest BCUT2D eigenvalue weighted by Crippen LogP contribution is -2.29. The molecule has 0 aliphatic heterocycles. The molecular formula is C21H15ClF2N4O. The van der Waals surface area contributed by atoms with Gasteiger partial charge >= 0.3 is 0 Å². The molecule has 0 saturated carbocycles. The van der Waals surface area contributed by atoms with Crippen molar-refractivity contribution in [1.29, 1.82) is 0 Å². The number of nitrogens with zero attached hydrogens (tertiary/aromatic N) is 3. The van der Waals surface area contributed by atoms with Crippen LogP contribution in [0.15, 0.2) is 65.6 Å². The largest absolute Gasteiger partial charge is 0.321 e. The SMILES string of the molecule is NC(Cc1cc(F)cc(F)c1)c1nc2ncccc2c(=O)n1-c1ccc(Cl)cc1. The molecule has 0 amide bonds. The Bertz CT molecular complexity index is 1240. The Labute approximate surface area is 169 Å². The molecule has 5 nitrogen and oxygen atoms in total. The number of aromatic nitrogens is 3. The smallest absolute Gasteiger partial charge is 0.267 e. The van der Waals surface area contributed by atoms with Gasteiger partial charge < -0.3 is 5.73 Å². The van der Waals surface area contributed by atoms with Gasteiger partial charge in [0, 0.05) is 17.3 Å².